The molecule has 0 radical (unpaired) electrons. The quantitative estimate of drug-likeness (QED) is 0.573. The number of fused-ring (bicyclic) bond motifs is 1. The van der Waals surface area contributed by atoms with Crippen molar-refractivity contribution in [1.82, 2.24) is 4.90 Å². The maximum atomic E-state index is 11.8. The van der Waals surface area contributed by atoms with Gasteiger partial charge in [0.2, 0.25) is 0 Å². The van der Waals surface area contributed by atoms with Crippen LogP contribution in [0.2, 0.25) is 0 Å². The first-order chi connectivity index (χ1) is 8.11. The van der Waals surface area contributed by atoms with Gasteiger partial charge in [-0.3, -0.25) is 19.3 Å². The number of ether oxygens (including phenoxy) is 1. The lowest BCUT2D eigenvalue weighted by molar-refractivity contribution is -0.141. The van der Waals surface area contributed by atoms with Crippen molar-refractivity contribution < 1.29 is 19.1 Å². The van der Waals surface area contributed by atoms with Crippen molar-refractivity contribution in [2.75, 3.05) is 13.2 Å². The Balaban J connectivity index is 2.11. The minimum Gasteiger partial charge on any atom is -0.464 e. The topological polar surface area (TPSA) is 63.7 Å². The zero-order valence-electron chi connectivity index (χ0n) is 9.30. The highest BCUT2D eigenvalue weighted by molar-refractivity contribution is 6.21. The molecule has 0 saturated heterocycles. The molecule has 5 nitrogen and oxygen atoms in total. The second-order valence-corrected chi connectivity index (χ2v) is 3.65. The van der Waals surface area contributed by atoms with Gasteiger partial charge in [0, 0.05) is 6.92 Å². The van der Waals surface area contributed by atoms with E-state index in [4.69, 9.17) is 4.74 Å². The van der Waals surface area contributed by atoms with E-state index in [1.165, 1.54) is 6.92 Å². The van der Waals surface area contributed by atoms with Crippen LogP contribution in [0.5, 0.6) is 0 Å². The SMILES string of the molecule is CC(=O)OCCN1C(=O)c2ccccc2C1=O. The van der Waals surface area contributed by atoms with Gasteiger partial charge in [-0.2, -0.15) is 0 Å². The third-order valence-corrected chi connectivity index (χ3v) is 2.50. The molecule has 0 atom stereocenters. The van der Waals surface area contributed by atoms with E-state index in [-0.39, 0.29) is 25.0 Å². The zero-order chi connectivity index (χ0) is 12.4. The molecule has 1 heterocycles. The van der Waals surface area contributed by atoms with Crippen LogP contribution in [-0.4, -0.2) is 35.8 Å². The molecule has 17 heavy (non-hydrogen) atoms. The summed E-state index contributed by atoms with van der Waals surface area (Å²) in [5, 5.41) is 0. The van der Waals surface area contributed by atoms with Crippen LogP contribution in [0.4, 0.5) is 0 Å². The van der Waals surface area contributed by atoms with Gasteiger partial charge in [0.1, 0.15) is 6.61 Å². The third-order valence-electron chi connectivity index (χ3n) is 2.50. The fourth-order valence-electron chi connectivity index (χ4n) is 1.72. The van der Waals surface area contributed by atoms with Gasteiger partial charge in [0.25, 0.3) is 11.8 Å². The van der Waals surface area contributed by atoms with Gasteiger partial charge >= 0.3 is 5.97 Å². The van der Waals surface area contributed by atoms with Crippen LogP contribution >= 0.6 is 0 Å². The lowest BCUT2D eigenvalue weighted by Crippen LogP contribution is -2.33. The zero-order valence-corrected chi connectivity index (χ0v) is 9.30. The van der Waals surface area contributed by atoms with Crippen molar-refractivity contribution in [3.05, 3.63) is 35.4 Å². The Morgan fingerprint density at radius 1 is 1.18 bits per heavy atom. The maximum Gasteiger partial charge on any atom is 0.302 e. The Bertz CT molecular complexity index is 460. The van der Waals surface area contributed by atoms with Gasteiger partial charge in [-0.1, -0.05) is 12.1 Å². The Labute approximate surface area is 98.0 Å². The van der Waals surface area contributed by atoms with Gasteiger partial charge in [-0.05, 0) is 12.1 Å². The van der Waals surface area contributed by atoms with Gasteiger partial charge < -0.3 is 4.74 Å². The van der Waals surface area contributed by atoms with Crippen molar-refractivity contribution in [2.24, 2.45) is 0 Å². The fourth-order valence-corrected chi connectivity index (χ4v) is 1.72. The summed E-state index contributed by atoms with van der Waals surface area (Å²) in [6.07, 6.45) is 0. The monoisotopic (exact) mass is 233 g/mol. The molecule has 0 aliphatic carbocycles. The first-order valence-corrected chi connectivity index (χ1v) is 5.20. The van der Waals surface area contributed by atoms with E-state index in [9.17, 15) is 14.4 Å². The number of hydrogen-bond acceptors (Lipinski definition) is 4. The number of amides is 2. The minimum absolute atomic E-state index is 0.0286. The predicted molar refractivity (Wildman–Crippen MR) is 58.4 cm³/mol. The van der Waals surface area contributed by atoms with E-state index in [1.807, 2.05) is 0 Å². The molecule has 2 amide bonds. The third kappa shape index (κ3) is 2.04. The molecule has 0 bridgehead atoms. The lowest BCUT2D eigenvalue weighted by Gasteiger charge is -2.12. The van der Waals surface area contributed by atoms with Crippen LogP contribution < -0.4 is 0 Å². The summed E-state index contributed by atoms with van der Waals surface area (Å²) in [7, 11) is 0. The molecular weight excluding hydrogens is 222 g/mol. The summed E-state index contributed by atoms with van der Waals surface area (Å²) in [6, 6.07) is 6.64. The van der Waals surface area contributed by atoms with Crippen LogP contribution in [0, 0.1) is 0 Å². The summed E-state index contributed by atoms with van der Waals surface area (Å²) in [6.45, 7) is 1.40. The molecule has 0 unspecified atom stereocenters. The Morgan fingerprint density at radius 3 is 2.18 bits per heavy atom. The van der Waals surface area contributed by atoms with Crippen LogP contribution in [0.15, 0.2) is 24.3 Å². The van der Waals surface area contributed by atoms with Crippen LogP contribution in [0.25, 0.3) is 0 Å². The van der Waals surface area contributed by atoms with E-state index in [2.05, 4.69) is 0 Å². The summed E-state index contributed by atoms with van der Waals surface area (Å²) < 4.78 is 4.71. The Hall–Kier alpha value is -2.17. The molecular formula is C12H11NO4. The van der Waals surface area contributed by atoms with Crippen LogP contribution in [0.3, 0.4) is 0 Å². The van der Waals surface area contributed by atoms with Crippen LogP contribution in [0.1, 0.15) is 27.6 Å². The van der Waals surface area contributed by atoms with Crippen molar-refractivity contribution >= 4 is 17.8 Å². The first kappa shape index (κ1) is 11.3. The lowest BCUT2D eigenvalue weighted by atomic mass is 10.1. The van der Waals surface area contributed by atoms with Crippen molar-refractivity contribution in [2.45, 2.75) is 6.92 Å². The molecule has 5 heteroatoms. The van der Waals surface area contributed by atoms with Gasteiger partial charge in [0.05, 0.1) is 17.7 Å². The Kier molecular flexibility index (Phi) is 2.91. The molecule has 1 aliphatic rings. The number of hydrogen-bond donors (Lipinski definition) is 0. The molecule has 88 valence electrons. The fraction of sp³-hybridized carbons (Fsp3) is 0.250. The highest BCUT2D eigenvalue weighted by Gasteiger charge is 2.34. The average Bonchev–Trinajstić information content (AvgIpc) is 2.54. The van der Waals surface area contributed by atoms with Crippen molar-refractivity contribution in [3.8, 4) is 0 Å². The van der Waals surface area contributed by atoms with Crippen LogP contribution in [-0.2, 0) is 9.53 Å². The van der Waals surface area contributed by atoms with Crippen molar-refractivity contribution in [3.63, 3.8) is 0 Å². The van der Waals surface area contributed by atoms with E-state index < -0.39 is 5.97 Å². The highest BCUT2D eigenvalue weighted by Crippen LogP contribution is 2.21. The molecule has 0 fully saturated rings. The molecule has 0 aromatic heterocycles. The number of imide groups is 1. The first-order valence-electron chi connectivity index (χ1n) is 5.20. The average molecular weight is 233 g/mol. The molecule has 1 aliphatic heterocycles. The van der Waals surface area contributed by atoms with E-state index >= 15 is 0 Å². The number of esters is 1. The number of rotatable bonds is 3. The molecule has 1 aromatic rings. The summed E-state index contributed by atoms with van der Waals surface area (Å²) in [4.78, 5) is 35.4. The van der Waals surface area contributed by atoms with Gasteiger partial charge in [0.15, 0.2) is 0 Å². The largest absolute Gasteiger partial charge is 0.464 e. The molecule has 0 spiro atoms. The Morgan fingerprint density at radius 2 is 1.71 bits per heavy atom. The molecule has 0 saturated carbocycles. The van der Waals surface area contributed by atoms with Gasteiger partial charge in [-0.25, -0.2) is 0 Å². The maximum absolute atomic E-state index is 11.8. The summed E-state index contributed by atoms with van der Waals surface area (Å²) in [5.41, 5.74) is 0.806. The summed E-state index contributed by atoms with van der Waals surface area (Å²) in [5.74, 6) is -1.10. The van der Waals surface area contributed by atoms with Gasteiger partial charge in [-0.15, -0.1) is 0 Å². The number of nitrogens with zero attached hydrogens (tertiary/aromatic N) is 1. The minimum atomic E-state index is -0.429. The second-order valence-electron chi connectivity index (χ2n) is 3.65. The van der Waals surface area contributed by atoms with Crippen molar-refractivity contribution in [1.29, 1.82) is 0 Å². The standard InChI is InChI=1S/C12H11NO4/c1-8(14)17-7-6-13-11(15)9-4-2-3-5-10(9)12(13)16/h2-5H,6-7H2,1H3. The van der Waals surface area contributed by atoms with E-state index in [0.717, 1.165) is 4.90 Å². The van der Waals surface area contributed by atoms with E-state index in [1.54, 1.807) is 24.3 Å². The normalized spacial score (nSPS) is 13.8. The number of carbonyl (C=O) groups is 3. The number of carbonyl (C=O) groups excluding carboxylic acids is 3. The van der Waals surface area contributed by atoms with E-state index in [0.29, 0.717) is 11.1 Å². The molecule has 2 rings (SSSR count). The smallest absolute Gasteiger partial charge is 0.302 e. The molecule has 1 aromatic carbocycles. The summed E-state index contributed by atoms with van der Waals surface area (Å²) >= 11 is 0. The predicted octanol–water partition coefficient (Wildman–Crippen LogP) is 0.846. The highest BCUT2D eigenvalue weighted by atomic mass is 16.5. The molecule has 0 N–H and O–H groups in total. The number of benzene rings is 1. The second kappa shape index (κ2) is 4.37.